The fourth-order valence-electron chi connectivity index (χ4n) is 3.63. The molecule has 6 nitrogen and oxygen atoms in total. The quantitative estimate of drug-likeness (QED) is 0.681. The average molecular weight is 447 g/mol. The second-order valence-electron chi connectivity index (χ2n) is 7.86. The lowest BCUT2D eigenvalue weighted by Gasteiger charge is -2.34. The van der Waals surface area contributed by atoms with E-state index in [0.717, 1.165) is 43.0 Å². The predicted molar refractivity (Wildman–Crippen MR) is 122 cm³/mol. The summed E-state index contributed by atoms with van der Waals surface area (Å²) in [5.74, 6) is -0.805. The van der Waals surface area contributed by atoms with E-state index in [1.165, 1.54) is 18.2 Å². The van der Waals surface area contributed by atoms with E-state index in [9.17, 15) is 14.0 Å². The van der Waals surface area contributed by atoms with Crippen LogP contribution in [0.5, 0.6) is 0 Å². The first-order valence-electron chi connectivity index (χ1n) is 10.4. The van der Waals surface area contributed by atoms with Gasteiger partial charge in [-0.2, -0.15) is 0 Å². The second-order valence-corrected chi connectivity index (χ2v) is 8.29. The van der Waals surface area contributed by atoms with Gasteiger partial charge in [0, 0.05) is 49.9 Å². The van der Waals surface area contributed by atoms with E-state index in [-0.39, 0.29) is 28.9 Å². The summed E-state index contributed by atoms with van der Waals surface area (Å²) in [7, 11) is 0. The molecule has 1 saturated heterocycles. The van der Waals surface area contributed by atoms with Crippen LogP contribution in [0, 0.1) is 19.7 Å². The second kappa shape index (κ2) is 10.7. The third-order valence-electron chi connectivity index (χ3n) is 5.44. The van der Waals surface area contributed by atoms with Gasteiger partial charge < -0.3 is 15.5 Å². The zero-order valence-electron chi connectivity index (χ0n) is 17.9. The molecule has 0 spiro atoms. The first-order chi connectivity index (χ1) is 14.8. The highest BCUT2D eigenvalue weighted by Gasteiger charge is 2.20. The number of nitrogens with zero attached hydrogens (tertiary/aromatic N) is 2. The summed E-state index contributed by atoms with van der Waals surface area (Å²) >= 11 is 5.73. The third kappa shape index (κ3) is 6.75. The summed E-state index contributed by atoms with van der Waals surface area (Å²) in [6.07, 6.45) is 0.273. The number of anilines is 2. The maximum atomic E-state index is 13.8. The Kier molecular flexibility index (Phi) is 8.01. The summed E-state index contributed by atoms with van der Waals surface area (Å²) in [6.45, 7) is 7.97. The van der Waals surface area contributed by atoms with E-state index in [1.807, 2.05) is 32.0 Å². The van der Waals surface area contributed by atoms with Crippen LogP contribution in [0.15, 0.2) is 36.4 Å². The number of nitrogens with one attached hydrogen (secondary N) is 2. The largest absolute Gasteiger partial charge is 0.324 e. The van der Waals surface area contributed by atoms with Gasteiger partial charge in [-0.05, 0) is 43.2 Å². The number of carbonyl (C=O) groups excluding carboxylic acids is 2. The van der Waals surface area contributed by atoms with Crippen LogP contribution in [0.4, 0.5) is 15.8 Å². The van der Waals surface area contributed by atoms with E-state index >= 15 is 0 Å². The van der Waals surface area contributed by atoms with Gasteiger partial charge in [0.1, 0.15) is 5.82 Å². The van der Waals surface area contributed by atoms with Crippen molar-refractivity contribution in [1.29, 1.82) is 0 Å². The number of amides is 2. The van der Waals surface area contributed by atoms with Crippen LogP contribution in [0.25, 0.3) is 0 Å². The number of aryl methyl sites for hydroxylation is 2. The van der Waals surface area contributed by atoms with Gasteiger partial charge in [0.25, 0.3) is 0 Å². The fourth-order valence-corrected chi connectivity index (χ4v) is 3.79. The van der Waals surface area contributed by atoms with Crippen molar-refractivity contribution in [3.8, 4) is 0 Å². The SMILES string of the molecule is Cc1cccc(C)c1NC(=O)CN1CCN(CCC(=O)Nc2ccc(Cl)cc2F)CC1. The zero-order chi connectivity index (χ0) is 22.4. The van der Waals surface area contributed by atoms with Crippen LogP contribution < -0.4 is 10.6 Å². The molecule has 31 heavy (non-hydrogen) atoms. The molecule has 2 amide bonds. The molecule has 1 aliphatic rings. The number of para-hydroxylation sites is 1. The molecule has 8 heteroatoms. The molecule has 2 aromatic carbocycles. The molecule has 1 fully saturated rings. The maximum Gasteiger partial charge on any atom is 0.238 e. The van der Waals surface area contributed by atoms with Gasteiger partial charge in [0.15, 0.2) is 0 Å². The molecule has 0 bridgehead atoms. The Morgan fingerprint density at radius 2 is 1.61 bits per heavy atom. The van der Waals surface area contributed by atoms with Gasteiger partial charge in [-0.25, -0.2) is 4.39 Å². The maximum absolute atomic E-state index is 13.8. The van der Waals surface area contributed by atoms with E-state index in [2.05, 4.69) is 20.4 Å². The number of piperazine rings is 1. The van der Waals surface area contributed by atoms with Gasteiger partial charge in [0.05, 0.1) is 12.2 Å². The Balaban J connectivity index is 1.38. The summed E-state index contributed by atoms with van der Waals surface area (Å²) in [5, 5.41) is 5.89. The number of carbonyl (C=O) groups is 2. The molecule has 0 saturated carbocycles. The molecule has 1 aliphatic heterocycles. The van der Waals surface area contributed by atoms with Crippen LogP contribution in [0.3, 0.4) is 0 Å². The van der Waals surface area contributed by atoms with Gasteiger partial charge in [-0.3, -0.25) is 14.5 Å². The minimum Gasteiger partial charge on any atom is -0.324 e. The van der Waals surface area contributed by atoms with Crippen LogP contribution in [-0.4, -0.2) is 60.9 Å². The molecule has 0 unspecified atom stereocenters. The van der Waals surface area contributed by atoms with Crippen molar-refractivity contribution in [3.05, 3.63) is 58.4 Å². The Labute approximate surface area is 187 Å². The summed E-state index contributed by atoms with van der Waals surface area (Å²) in [4.78, 5) is 28.9. The van der Waals surface area contributed by atoms with E-state index in [0.29, 0.717) is 13.1 Å². The molecular weight excluding hydrogens is 419 g/mol. The fraction of sp³-hybridized carbons (Fsp3) is 0.391. The summed E-state index contributed by atoms with van der Waals surface area (Å²) in [6, 6.07) is 10.1. The highest BCUT2D eigenvalue weighted by Crippen LogP contribution is 2.20. The predicted octanol–water partition coefficient (Wildman–Crippen LogP) is 3.68. The van der Waals surface area contributed by atoms with E-state index in [1.54, 1.807) is 0 Å². The topological polar surface area (TPSA) is 64.7 Å². The first kappa shape index (κ1) is 23.2. The normalized spacial score (nSPS) is 15.0. The number of halogens is 2. The summed E-state index contributed by atoms with van der Waals surface area (Å²) < 4.78 is 13.8. The minimum absolute atomic E-state index is 0.0183. The molecule has 2 aromatic rings. The minimum atomic E-state index is -0.548. The van der Waals surface area contributed by atoms with Crippen molar-refractivity contribution in [2.24, 2.45) is 0 Å². The molecular formula is C23H28ClFN4O2. The van der Waals surface area contributed by atoms with Crippen molar-refractivity contribution in [1.82, 2.24) is 9.80 Å². The van der Waals surface area contributed by atoms with Crippen molar-refractivity contribution >= 4 is 34.8 Å². The van der Waals surface area contributed by atoms with Crippen molar-refractivity contribution < 1.29 is 14.0 Å². The average Bonchev–Trinajstić information content (AvgIpc) is 2.72. The van der Waals surface area contributed by atoms with Gasteiger partial charge in [0.2, 0.25) is 11.8 Å². The lowest BCUT2D eigenvalue weighted by Crippen LogP contribution is -2.49. The summed E-state index contributed by atoms with van der Waals surface area (Å²) in [5.41, 5.74) is 3.12. The van der Waals surface area contributed by atoms with E-state index < -0.39 is 5.82 Å². The van der Waals surface area contributed by atoms with Crippen molar-refractivity contribution in [2.75, 3.05) is 49.9 Å². The number of hydrogen-bond donors (Lipinski definition) is 2. The van der Waals surface area contributed by atoms with Crippen LogP contribution in [0.2, 0.25) is 5.02 Å². The van der Waals surface area contributed by atoms with E-state index in [4.69, 9.17) is 11.6 Å². The van der Waals surface area contributed by atoms with Crippen molar-refractivity contribution in [3.63, 3.8) is 0 Å². The molecule has 0 aromatic heterocycles. The molecule has 0 aliphatic carbocycles. The lowest BCUT2D eigenvalue weighted by molar-refractivity contribution is -0.117. The highest BCUT2D eigenvalue weighted by atomic mass is 35.5. The van der Waals surface area contributed by atoms with Gasteiger partial charge in [-0.1, -0.05) is 29.8 Å². The monoisotopic (exact) mass is 446 g/mol. The molecule has 2 N–H and O–H groups in total. The third-order valence-corrected chi connectivity index (χ3v) is 5.67. The Bertz CT molecular complexity index is 925. The van der Waals surface area contributed by atoms with Crippen LogP contribution in [-0.2, 0) is 9.59 Å². The lowest BCUT2D eigenvalue weighted by atomic mass is 10.1. The number of benzene rings is 2. The Hall–Kier alpha value is -2.48. The first-order valence-corrected chi connectivity index (χ1v) is 10.8. The zero-order valence-corrected chi connectivity index (χ0v) is 18.6. The number of hydrogen-bond acceptors (Lipinski definition) is 4. The molecule has 1 heterocycles. The molecule has 3 rings (SSSR count). The molecule has 166 valence electrons. The van der Waals surface area contributed by atoms with Crippen molar-refractivity contribution in [2.45, 2.75) is 20.3 Å². The van der Waals surface area contributed by atoms with Gasteiger partial charge >= 0.3 is 0 Å². The standard InChI is InChI=1S/C23H28ClFN4O2/c1-16-4-3-5-17(2)23(16)27-22(31)15-29-12-10-28(11-13-29)9-8-21(30)26-20-7-6-18(24)14-19(20)25/h3-7,14H,8-13,15H2,1-2H3,(H,26,30)(H,27,31). The molecule has 0 atom stereocenters. The van der Waals surface area contributed by atoms with Crippen LogP contribution >= 0.6 is 11.6 Å². The Morgan fingerprint density at radius 1 is 0.968 bits per heavy atom. The molecule has 0 radical (unpaired) electrons. The van der Waals surface area contributed by atoms with Crippen LogP contribution in [0.1, 0.15) is 17.5 Å². The van der Waals surface area contributed by atoms with Gasteiger partial charge in [-0.15, -0.1) is 0 Å². The Morgan fingerprint density at radius 3 is 2.26 bits per heavy atom. The highest BCUT2D eigenvalue weighted by molar-refractivity contribution is 6.30. The smallest absolute Gasteiger partial charge is 0.238 e. The number of rotatable bonds is 7.